The van der Waals surface area contributed by atoms with Crippen LogP contribution in [-0.2, 0) is 4.74 Å². The van der Waals surface area contributed by atoms with Gasteiger partial charge in [0.25, 0.3) is 5.91 Å². The third-order valence-corrected chi connectivity index (χ3v) is 5.74. The van der Waals surface area contributed by atoms with E-state index in [9.17, 15) is 4.79 Å². The number of H-pyrrole nitrogens is 1. The van der Waals surface area contributed by atoms with Crippen molar-refractivity contribution in [1.82, 2.24) is 25.2 Å². The minimum atomic E-state index is -0.140. The van der Waals surface area contributed by atoms with Gasteiger partial charge < -0.3 is 15.0 Å². The van der Waals surface area contributed by atoms with Gasteiger partial charge in [-0.1, -0.05) is 11.6 Å². The predicted octanol–water partition coefficient (Wildman–Crippen LogP) is 3.03. The van der Waals surface area contributed by atoms with Crippen LogP contribution < -0.4 is 5.32 Å². The number of aromatic amines is 1. The molecule has 2 aromatic heterocycles. The van der Waals surface area contributed by atoms with Gasteiger partial charge >= 0.3 is 0 Å². The molecule has 2 N–H and O–H groups in total. The van der Waals surface area contributed by atoms with Gasteiger partial charge in [0.2, 0.25) is 0 Å². The summed E-state index contributed by atoms with van der Waals surface area (Å²) in [4.78, 5) is 27.1. The van der Waals surface area contributed by atoms with Crippen molar-refractivity contribution in [2.75, 3.05) is 32.8 Å². The highest BCUT2D eigenvalue weighted by atomic mass is 35.5. The number of fused-ring (bicyclic) bond motifs is 1. The fourth-order valence-corrected chi connectivity index (χ4v) is 4.04. The number of hydrogen-bond acceptors (Lipinski definition) is 5. The summed E-state index contributed by atoms with van der Waals surface area (Å²) in [6.07, 6.45) is 5.50. The Hall–Kier alpha value is -2.48. The fourth-order valence-electron chi connectivity index (χ4n) is 3.77. The molecule has 1 aliphatic heterocycles. The van der Waals surface area contributed by atoms with Crippen molar-refractivity contribution < 1.29 is 9.53 Å². The quantitative estimate of drug-likeness (QED) is 0.671. The van der Waals surface area contributed by atoms with Crippen molar-refractivity contribution >= 4 is 28.4 Å². The van der Waals surface area contributed by atoms with Crippen LogP contribution in [0, 0.1) is 13.8 Å². The van der Waals surface area contributed by atoms with Gasteiger partial charge in [-0.3, -0.25) is 9.69 Å². The van der Waals surface area contributed by atoms with Gasteiger partial charge in [-0.25, -0.2) is 9.97 Å². The smallest absolute Gasteiger partial charge is 0.251 e. The van der Waals surface area contributed by atoms with Crippen molar-refractivity contribution in [1.29, 1.82) is 0 Å². The van der Waals surface area contributed by atoms with Crippen LogP contribution in [-0.4, -0.2) is 58.6 Å². The maximum atomic E-state index is 13.0. The van der Waals surface area contributed by atoms with Crippen LogP contribution in [0.3, 0.4) is 0 Å². The Bertz CT molecular complexity index is 1010. The van der Waals surface area contributed by atoms with Crippen LogP contribution >= 0.6 is 11.6 Å². The first-order valence-electron chi connectivity index (χ1n) is 9.69. The first kappa shape index (κ1) is 19.8. The molecule has 1 saturated heterocycles. The van der Waals surface area contributed by atoms with Crippen LogP contribution in [0.15, 0.2) is 30.7 Å². The first-order chi connectivity index (χ1) is 14.0. The van der Waals surface area contributed by atoms with Gasteiger partial charge in [-0.05, 0) is 31.5 Å². The normalized spacial score (nSPS) is 16.1. The van der Waals surface area contributed by atoms with E-state index in [4.69, 9.17) is 16.3 Å². The van der Waals surface area contributed by atoms with E-state index in [1.807, 2.05) is 38.5 Å². The number of ether oxygens (including phenoxy) is 1. The molecular formula is C21H24ClN5O2. The average Bonchev–Trinajstić information content (AvgIpc) is 3.24. The number of amides is 1. The topological polar surface area (TPSA) is 83.1 Å². The van der Waals surface area contributed by atoms with Gasteiger partial charge in [-0.15, -0.1) is 0 Å². The lowest BCUT2D eigenvalue weighted by Crippen LogP contribution is -2.44. The minimum Gasteiger partial charge on any atom is -0.379 e. The van der Waals surface area contributed by atoms with E-state index in [2.05, 4.69) is 25.2 Å². The summed E-state index contributed by atoms with van der Waals surface area (Å²) in [5, 5.41) is 4.59. The average molecular weight is 414 g/mol. The molecular weight excluding hydrogens is 390 g/mol. The number of morpholine rings is 1. The lowest BCUT2D eigenvalue weighted by Gasteiger charge is -2.34. The molecule has 29 heavy (non-hydrogen) atoms. The molecule has 1 atom stereocenters. The molecule has 3 heterocycles. The Labute approximate surface area is 174 Å². The number of halogens is 1. The molecule has 8 heteroatoms. The SMILES string of the molecule is Cc1ncc(C(CNC(=O)c2cc(Cl)c3[nH]ccc3c2C)N2CCOCC2)cn1. The van der Waals surface area contributed by atoms with Crippen LogP contribution in [0.2, 0.25) is 5.02 Å². The Morgan fingerprint density at radius 2 is 2.03 bits per heavy atom. The summed E-state index contributed by atoms with van der Waals surface area (Å²) >= 11 is 6.36. The largest absolute Gasteiger partial charge is 0.379 e. The summed E-state index contributed by atoms with van der Waals surface area (Å²) in [6.45, 7) is 7.20. The maximum absolute atomic E-state index is 13.0. The van der Waals surface area contributed by atoms with E-state index in [1.54, 1.807) is 6.07 Å². The highest BCUT2D eigenvalue weighted by molar-refractivity contribution is 6.35. The molecule has 1 aliphatic rings. The molecule has 7 nitrogen and oxygen atoms in total. The molecule has 0 saturated carbocycles. The van der Waals surface area contributed by atoms with Crippen molar-refractivity contribution in [2.45, 2.75) is 19.9 Å². The minimum absolute atomic E-state index is 0.0183. The second-order valence-electron chi connectivity index (χ2n) is 7.24. The third-order valence-electron chi connectivity index (χ3n) is 5.44. The summed E-state index contributed by atoms with van der Waals surface area (Å²) in [5.41, 5.74) is 3.32. The van der Waals surface area contributed by atoms with Crippen molar-refractivity contribution in [3.8, 4) is 0 Å². The molecule has 152 valence electrons. The molecule has 0 spiro atoms. The van der Waals surface area contributed by atoms with E-state index in [-0.39, 0.29) is 11.9 Å². The lowest BCUT2D eigenvalue weighted by molar-refractivity contribution is 0.0161. The number of nitrogens with one attached hydrogen (secondary N) is 2. The number of benzene rings is 1. The number of rotatable bonds is 5. The van der Waals surface area contributed by atoms with Gasteiger partial charge in [-0.2, -0.15) is 0 Å². The number of hydrogen-bond donors (Lipinski definition) is 2. The van der Waals surface area contributed by atoms with E-state index in [1.165, 1.54) is 0 Å². The lowest BCUT2D eigenvalue weighted by atomic mass is 10.0. The van der Waals surface area contributed by atoms with E-state index < -0.39 is 0 Å². The Balaban J connectivity index is 1.56. The molecule has 3 aromatic rings. The van der Waals surface area contributed by atoms with Crippen molar-refractivity contribution in [3.63, 3.8) is 0 Å². The van der Waals surface area contributed by atoms with E-state index in [0.29, 0.717) is 30.3 Å². The number of carbonyl (C=O) groups excluding carboxylic acids is 1. The van der Waals surface area contributed by atoms with Crippen LogP contribution in [0.1, 0.15) is 33.4 Å². The monoisotopic (exact) mass is 413 g/mol. The summed E-state index contributed by atoms with van der Waals surface area (Å²) in [5.74, 6) is 0.586. The summed E-state index contributed by atoms with van der Waals surface area (Å²) in [6, 6.07) is 3.65. The number of aryl methyl sites for hydroxylation is 2. The first-order valence-corrected chi connectivity index (χ1v) is 10.1. The summed E-state index contributed by atoms with van der Waals surface area (Å²) in [7, 11) is 0. The van der Waals surface area contributed by atoms with E-state index >= 15 is 0 Å². The van der Waals surface area contributed by atoms with Crippen LogP contribution in [0.4, 0.5) is 0 Å². The second kappa shape index (κ2) is 8.49. The van der Waals surface area contributed by atoms with Crippen molar-refractivity contribution in [2.24, 2.45) is 0 Å². The molecule has 0 bridgehead atoms. The van der Waals surface area contributed by atoms with Gasteiger partial charge in [0.1, 0.15) is 5.82 Å². The zero-order valence-corrected chi connectivity index (χ0v) is 17.3. The third kappa shape index (κ3) is 4.12. The fraction of sp³-hybridized carbons (Fsp3) is 0.381. The van der Waals surface area contributed by atoms with Crippen LogP contribution in [0.5, 0.6) is 0 Å². The molecule has 1 amide bonds. The standard InChI is InChI=1S/C21H24ClN5O2/c1-13-16-3-4-23-20(16)18(22)9-17(13)21(28)26-12-19(27-5-7-29-8-6-27)15-10-24-14(2)25-11-15/h3-4,9-11,19,23H,5-8,12H2,1-2H3,(H,26,28). The molecule has 4 rings (SSSR count). The van der Waals surface area contributed by atoms with Gasteiger partial charge in [0.15, 0.2) is 0 Å². The molecule has 1 aromatic carbocycles. The highest BCUT2D eigenvalue weighted by Crippen LogP contribution is 2.28. The molecule has 1 unspecified atom stereocenters. The zero-order valence-electron chi connectivity index (χ0n) is 16.5. The molecule has 0 aliphatic carbocycles. The maximum Gasteiger partial charge on any atom is 0.251 e. The van der Waals surface area contributed by atoms with Crippen molar-refractivity contribution in [3.05, 3.63) is 58.3 Å². The summed E-state index contributed by atoms with van der Waals surface area (Å²) < 4.78 is 5.48. The Morgan fingerprint density at radius 3 is 2.76 bits per heavy atom. The molecule has 0 radical (unpaired) electrons. The predicted molar refractivity (Wildman–Crippen MR) is 112 cm³/mol. The Morgan fingerprint density at radius 1 is 1.31 bits per heavy atom. The van der Waals surface area contributed by atoms with Gasteiger partial charge in [0, 0.05) is 54.7 Å². The van der Waals surface area contributed by atoms with Gasteiger partial charge in [0.05, 0.1) is 29.8 Å². The number of carbonyl (C=O) groups is 1. The van der Waals surface area contributed by atoms with Crippen LogP contribution in [0.25, 0.3) is 10.9 Å². The Kier molecular flexibility index (Phi) is 5.80. The highest BCUT2D eigenvalue weighted by Gasteiger charge is 2.24. The molecule has 1 fully saturated rings. The second-order valence-corrected chi connectivity index (χ2v) is 7.64. The zero-order chi connectivity index (χ0) is 20.4. The van der Waals surface area contributed by atoms with E-state index in [0.717, 1.165) is 40.9 Å². The number of nitrogens with zero attached hydrogens (tertiary/aromatic N) is 3. The number of aromatic nitrogens is 3.